The number of amides is 1. The van der Waals surface area contributed by atoms with Gasteiger partial charge in [-0.2, -0.15) is 13.2 Å². The Balaban J connectivity index is 2.11. The summed E-state index contributed by atoms with van der Waals surface area (Å²) < 4.78 is 38.7. The van der Waals surface area contributed by atoms with Gasteiger partial charge in [-0.25, -0.2) is 0 Å². The maximum Gasteiger partial charge on any atom is 0.416 e. The van der Waals surface area contributed by atoms with E-state index in [2.05, 4.69) is 0 Å². The molecule has 0 bridgehead atoms. The first kappa shape index (κ1) is 18.7. The summed E-state index contributed by atoms with van der Waals surface area (Å²) in [4.78, 5) is 15.4. The quantitative estimate of drug-likeness (QED) is 0.893. The predicted octanol–water partition coefficient (Wildman–Crippen LogP) is 2.68. The summed E-state index contributed by atoms with van der Waals surface area (Å²) >= 11 is 0. The van der Waals surface area contributed by atoms with Gasteiger partial charge in [0.15, 0.2) is 0 Å². The highest BCUT2D eigenvalue weighted by Gasteiger charge is 2.35. The number of β-amino-alcohol motifs (C(OH)–C–C–N with tert-alkyl or cyclic N) is 1. The topological polar surface area (TPSA) is 43.8 Å². The van der Waals surface area contributed by atoms with E-state index < -0.39 is 17.8 Å². The highest BCUT2D eigenvalue weighted by atomic mass is 19.4. The van der Waals surface area contributed by atoms with Crippen LogP contribution >= 0.6 is 0 Å². The zero-order valence-corrected chi connectivity index (χ0v) is 13.9. The molecule has 1 saturated heterocycles. The van der Waals surface area contributed by atoms with Gasteiger partial charge in [-0.05, 0) is 31.0 Å². The molecule has 2 atom stereocenters. The van der Waals surface area contributed by atoms with Crippen molar-refractivity contribution in [1.82, 2.24) is 9.80 Å². The molecule has 1 amide bonds. The number of aliphatic hydroxyl groups is 1. The molecule has 1 aliphatic rings. The van der Waals surface area contributed by atoms with Crippen LogP contribution in [0.2, 0.25) is 0 Å². The second-order valence-corrected chi connectivity index (χ2v) is 6.18. The molecule has 1 aromatic carbocycles. The SMILES string of the molecule is CCN(C)C(=O)CCN1C[C@H](O)C[C@H]1c1cccc(C(F)(F)F)c1. The van der Waals surface area contributed by atoms with Crippen LogP contribution in [0.4, 0.5) is 13.2 Å². The minimum atomic E-state index is -4.39. The lowest BCUT2D eigenvalue weighted by Gasteiger charge is -2.25. The summed E-state index contributed by atoms with van der Waals surface area (Å²) in [6.45, 7) is 3.27. The van der Waals surface area contributed by atoms with Gasteiger partial charge in [-0.15, -0.1) is 0 Å². The number of benzene rings is 1. The van der Waals surface area contributed by atoms with Crippen molar-refractivity contribution in [3.63, 3.8) is 0 Å². The molecule has 0 aromatic heterocycles. The third-order valence-corrected chi connectivity index (χ3v) is 4.49. The lowest BCUT2D eigenvalue weighted by atomic mass is 10.0. The van der Waals surface area contributed by atoms with E-state index in [9.17, 15) is 23.1 Å². The van der Waals surface area contributed by atoms with E-state index in [1.165, 1.54) is 6.07 Å². The van der Waals surface area contributed by atoms with Crippen molar-refractivity contribution in [2.45, 2.75) is 38.1 Å². The number of alkyl halides is 3. The monoisotopic (exact) mass is 344 g/mol. The van der Waals surface area contributed by atoms with Crippen molar-refractivity contribution in [3.05, 3.63) is 35.4 Å². The summed E-state index contributed by atoms with van der Waals surface area (Å²) in [7, 11) is 1.71. The molecule has 0 radical (unpaired) electrons. The van der Waals surface area contributed by atoms with Crippen molar-refractivity contribution in [1.29, 1.82) is 0 Å². The van der Waals surface area contributed by atoms with Crippen molar-refractivity contribution in [2.24, 2.45) is 0 Å². The van der Waals surface area contributed by atoms with Crippen LogP contribution in [0.3, 0.4) is 0 Å². The van der Waals surface area contributed by atoms with E-state index in [1.807, 2.05) is 11.8 Å². The highest BCUT2D eigenvalue weighted by Crippen LogP contribution is 2.36. The number of carbonyl (C=O) groups excluding carboxylic acids is 1. The molecule has 0 unspecified atom stereocenters. The van der Waals surface area contributed by atoms with Gasteiger partial charge in [-0.3, -0.25) is 9.69 Å². The molecule has 0 saturated carbocycles. The van der Waals surface area contributed by atoms with Crippen LogP contribution in [0.25, 0.3) is 0 Å². The molecule has 1 fully saturated rings. The van der Waals surface area contributed by atoms with Gasteiger partial charge in [0, 0.05) is 39.1 Å². The van der Waals surface area contributed by atoms with Crippen molar-refractivity contribution in [3.8, 4) is 0 Å². The van der Waals surface area contributed by atoms with Crippen molar-refractivity contribution < 1.29 is 23.1 Å². The minimum absolute atomic E-state index is 0.0123. The highest BCUT2D eigenvalue weighted by molar-refractivity contribution is 5.76. The fourth-order valence-corrected chi connectivity index (χ4v) is 3.00. The van der Waals surface area contributed by atoms with Crippen LogP contribution in [0.15, 0.2) is 24.3 Å². The molecule has 1 heterocycles. The van der Waals surface area contributed by atoms with E-state index >= 15 is 0 Å². The van der Waals surface area contributed by atoms with E-state index in [1.54, 1.807) is 18.0 Å². The fourth-order valence-electron chi connectivity index (χ4n) is 3.00. The maximum absolute atomic E-state index is 12.9. The van der Waals surface area contributed by atoms with E-state index in [0.717, 1.165) is 12.1 Å². The number of likely N-dealkylation sites (tertiary alicyclic amines) is 1. The summed E-state index contributed by atoms with van der Waals surface area (Å²) in [6, 6.07) is 4.90. The number of nitrogens with zero attached hydrogens (tertiary/aromatic N) is 2. The van der Waals surface area contributed by atoms with E-state index in [4.69, 9.17) is 0 Å². The Bertz CT molecular complexity index is 577. The first-order valence-electron chi connectivity index (χ1n) is 8.05. The molecule has 134 valence electrons. The number of halogens is 3. The number of rotatable bonds is 5. The van der Waals surface area contributed by atoms with Gasteiger partial charge < -0.3 is 10.0 Å². The van der Waals surface area contributed by atoms with Gasteiger partial charge in [0.2, 0.25) is 5.91 Å². The van der Waals surface area contributed by atoms with E-state index in [-0.39, 0.29) is 18.4 Å². The number of hydrogen-bond acceptors (Lipinski definition) is 3. The Morgan fingerprint density at radius 2 is 2.12 bits per heavy atom. The zero-order valence-electron chi connectivity index (χ0n) is 13.9. The summed E-state index contributed by atoms with van der Waals surface area (Å²) in [6.07, 6.45) is -4.33. The summed E-state index contributed by atoms with van der Waals surface area (Å²) in [5.41, 5.74) is -0.166. The second kappa shape index (κ2) is 7.53. The molecule has 24 heavy (non-hydrogen) atoms. The Morgan fingerprint density at radius 3 is 2.75 bits per heavy atom. The number of carbonyl (C=O) groups is 1. The fraction of sp³-hybridized carbons (Fsp3) is 0.588. The molecule has 1 aliphatic heterocycles. The van der Waals surface area contributed by atoms with Crippen LogP contribution in [0, 0.1) is 0 Å². The van der Waals surface area contributed by atoms with Gasteiger partial charge in [-0.1, -0.05) is 12.1 Å². The van der Waals surface area contributed by atoms with Gasteiger partial charge in [0.25, 0.3) is 0 Å². The second-order valence-electron chi connectivity index (χ2n) is 6.18. The summed E-state index contributed by atoms with van der Waals surface area (Å²) in [5.74, 6) is -0.0123. The number of aliphatic hydroxyl groups excluding tert-OH is 1. The standard InChI is InChI=1S/C17H23F3N2O2/c1-3-21(2)16(24)7-8-22-11-14(23)10-15(22)12-5-4-6-13(9-12)17(18,19)20/h4-6,9,14-15,23H,3,7-8,10-11H2,1-2H3/t14-,15+/m1/s1. The van der Waals surface area contributed by atoms with E-state index in [0.29, 0.717) is 31.6 Å². The first-order chi connectivity index (χ1) is 11.2. The van der Waals surface area contributed by atoms with Crippen LogP contribution in [0.5, 0.6) is 0 Å². The van der Waals surface area contributed by atoms with Crippen molar-refractivity contribution in [2.75, 3.05) is 26.7 Å². The number of hydrogen-bond donors (Lipinski definition) is 1. The Morgan fingerprint density at radius 1 is 1.42 bits per heavy atom. The largest absolute Gasteiger partial charge is 0.416 e. The van der Waals surface area contributed by atoms with Crippen LogP contribution in [-0.2, 0) is 11.0 Å². The molecule has 0 spiro atoms. The average Bonchev–Trinajstić information content (AvgIpc) is 2.92. The summed E-state index contributed by atoms with van der Waals surface area (Å²) in [5, 5.41) is 9.92. The molecule has 1 aromatic rings. The molecular formula is C17H23F3N2O2. The molecular weight excluding hydrogens is 321 g/mol. The molecule has 2 rings (SSSR count). The zero-order chi connectivity index (χ0) is 17.9. The minimum Gasteiger partial charge on any atom is -0.392 e. The smallest absolute Gasteiger partial charge is 0.392 e. The van der Waals surface area contributed by atoms with Crippen LogP contribution in [-0.4, -0.2) is 53.6 Å². The lowest BCUT2D eigenvalue weighted by molar-refractivity contribution is -0.137. The van der Waals surface area contributed by atoms with Crippen molar-refractivity contribution >= 4 is 5.91 Å². The third kappa shape index (κ3) is 4.48. The maximum atomic E-state index is 12.9. The average molecular weight is 344 g/mol. The molecule has 4 nitrogen and oxygen atoms in total. The third-order valence-electron chi connectivity index (χ3n) is 4.49. The van der Waals surface area contributed by atoms with Gasteiger partial charge in [0.1, 0.15) is 0 Å². The first-order valence-corrected chi connectivity index (χ1v) is 8.05. The Hall–Kier alpha value is -1.60. The predicted molar refractivity (Wildman–Crippen MR) is 84.3 cm³/mol. The molecule has 7 heteroatoms. The van der Waals surface area contributed by atoms with Crippen LogP contribution < -0.4 is 0 Å². The van der Waals surface area contributed by atoms with Gasteiger partial charge >= 0.3 is 6.18 Å². The van der Waals surface area contributed by atoms with Gasteiger partial charge in [0.05, 0.1) is 11.7 Å². The molecule has 1 N–H and O–H groups in total. The molecule has 0 aliphatic carbocycles. The Kier molecular flexibility index (Phi) is 5.87. The lowest BCUT2D eigenvalue weighted by Crippen LogP contribution is -2.32. The van der Waals surface area contributed by atoms with Crippen LogP contribution in [0.1, 0.15) is 36.9 Å². The normalized spacial score (nSPS) is 21.9. The Labute approximate surface area is 139 Å².